The normalized spacial score (nSPS) is 12.4. The summed E-state index contributed by atoms with van der Waals surface area (Å²) in [6.45, 7) is 7.15. The van der Waals surface area contributed by atoms with Crippen LogP contribution in [0.1, 0.15) is 36.8 Å². The Labute approximate surface area is 161 Å². The zero-order chi connectivity index (χ0) is 18.5. The highest BCUT2D eigenvalue weighted by molar-refractivity contribution is 6.34. The number of benzene rings is 2. The Bertz CT molecular complexity index is 877. The van der Waals surface area contributed by atoms with E-state index in [0.717, 1.165) is 47.5 Å². The number of aromatic amines is 1. The third-order valence-corrected chi connectivity index (χ3v) is 5.32. The summed E-state index contributed by atoms with van der Waals surface area (Å²) in [5.41, 5.74) is 6.03. The van der Waals surface area contributed by atoms with Gasteiger partial charge in [-0.2, -0.15) is 0 Å². The molecule has 1 atom stereocenters. The average Bonchev–Trinajstić information content (AvgIpc) is 3.05. The van der Waals surface area contributed by atoms with E-state index >= 15 is 0 Å². The van der Waals surface area contributed by atoms with Gasteiger partial charge in [0.25, 0.3) is 0 Å². The van der Waals surface area contributed by atoms with Crippen molar-refractivity contribution in [2.24, 2.45) is 0 Å². The quantitative estimate of drug-likeness (QED) is 0.354. The van der Waals surface area contributed by atoms with Crippen LogP contribution in [0.25, 0.3) is 22.0 Å². The van der Waals surface area contributed by atoms with Crippen LogP contribution in [-0.2, 0) is 6.42 Å². The fourth-order valence-electron chi connectivity index (χ4n) is 3.49. The summed E-state index contributed by atoms with van der Waals surface area (Å²) in [6.07, 6.45) is 7.29. The van der Waals surface area contributed by atoms with Gasteiger partial charge in [-0.15, -0.1) is 6.58 Å². The van der Waals surface area contributed by atoms with Crippen molar-refractivity contribution in [3.8, 4) is 11.1 Å². The van der Waals surface area contributed by atoms with Gasteiger partial charge in [0.2, 0.25) is 0 Å². The third-order valence-electron chi connectivity index (χ3n) is 5.01. The van der Waals surface area contributed by atoms with E-state index < -0.39 is 0 Å². The minimum absolute atomic E-state index is 0.435. The molecule has 2 N–H and O–H groups in total. The van der Waals surface area contributed by atoms with Gasteiger partial charge in [-0.05, 0) is 67.6 Å². The molecule has 1 unspecified atom stereocenters. The lowest BCUT2D eigenvalue weighted by Crippen LogP contribution is -2.08. The smallest absolute Gasteiger partial charge is 0.0505 e. The molecule has 0 aliphatic rings. The highest BCUT2D eigenvalue weighted by Gasteiger charge is 2.13. The molecule has 0 amide bonds. The first kappa shape index (κ1) is 18.8. The molecular formula is C23H27ClN2. The molecule has 0 bridgehead atoms. The van der Waals surface area contributed by atoms with Crippen molar-refractivity contribution in [1.29, 1.82) is 0 Å². The van der Waals surface area contributed by atoms with E-state index in [2.05, 4.69) is 60.3 Å². The van der Waals surface area contributed by atoms with Gasteiger partial charge in [0.1, 0.15) is 0 Å². The molecule has 0 saturated heterocycles. The molecule has 1 heterocycles. The molecule has 2 nitrogen and oxygen atoms in total. The number of hydrogen-bond acceptors (Lipinski definition) is 1. The number of halogens is 1. The monoisotopic (exact) mass is 366 g/mol. The zero-order valence-corrected chi connectivity index (χ0v) is 16.4. The zero-order valence-electron chi connectivity index (χ0n) is 15.6. The van der Waals surface area contributed by atoms with Crippen LogP contribution in [0.3, 0.4) is 0 Å². The number of allylic oxidation sites excluding steroid dienone is 1. The molecule has 0 spiro atoms. The Morgan fingerprint density at radius 2 is 2.00 bits per heavy atom. The topological polar surface area (TPSA) is 27.8 Å². The Morgan fingerprint density at radius 1 is 1.23 bits per heavy atom. The highest BCUT2D eigenvalue weighted by atomic mass is 35.5. The van der Waals surface area contributed by atoms with Crippen LogP contribution < -0.4 is 5.32 Å². The van der Waals surface area contributed by atoms with Crippen molar-refractivity contribution >= 4 is 22.5 Å². The SMILES string of the molecule is C=CCC(C)c1c[nH]c2cc(Cl)c(-c3ccc(CCCNC)cc3)cc12. The second-order valence-electron chi connectivity index (χ2n) is 6.95. The Balaban J connectivity index is 1.92. The second kappa shape index (κ2) is 8.57. The molecule has 26 heavy (non-hydrogen) atoms. The van der Waals surface area contributed by atoms with Gasteiger partial charge in [-0.25, -0.2) is 0 Å². The van der Waals surface area contributed by atoms with Crippen LogP contribution in [-0.4, -0.2) is 18.6 Å². The van der Waals surface area contributed by atoms with Crippen molar-refractivity contribution in [3.05, 3.63) is 71.4 Å². The van der Waals surface area contributed by atoms with E-state index in [1.165, 1.54) is 16.5 Å². The molecule has 0 fully saturated rings. The number of rotatable bonds is 8. The fraction of sp³-hybridized carbons (Fsp3) is 0.304. The molecule has 3 aromatic rings. The molecule has 3 heteroatoms. The van der Waals surface area contributed by atoms with Gasteiger partial charge in [0, 0.05) is 22.7 Å². The predicted octanol–water partition coefficient (Wildman–Crippen LogP) is 6.32. The minimum atomic E-state index is 0.435. The van der Waals surface area contributed by atoms with Gasteiger partial charge in [-0.3, -0.25) is 0 Å². The van der Waals surface area contributed by atoms with E-state index in [0.29, 0.717) is 5.92 Å². The summed E-state index contributed by atoms with van der Waals surface area (Å²) in [6, 6.07) is 13.0. The standard InChI is InChI=1S/C23H27ClN2/c1-4-6-16(2)21-15-26-23-14-22(24)19(13-20(21)23)18-10-8-17(9-11-18)7-5-12-25-3/h4,8-11,13-16,25-26H,1,5-7,12H2,2-3H3. The van der Waals surface area contributed by atoms with Crippen LogP contribution in [0.2, 0.25) is 5.02 Å². The van der Waals surface area contributed by atoms with Gasteiger partial charge < -0.3 is 10.3 Å². The molecule has 0 aliphatic carbocycles. The van der Waals surface area contributed by atoms with Crippen LogP contribution in [0.4, 0.5) is 0 Å². The van der Waals surface area contributed by atoms with Crippen molar-refractivity contribution in [2.75, 3.05) is 13.6 Å². The lowest BCUT2D eigenvalue weighted by atomic mass is 9.95. The fourth-order valence-corrected chi connectivity index (χ4v) is 3.76. The van der Waals surface area contributed by atoms with Crippen LogP contribution in [0, 0.1) is 0 Å². The molecule has 2 aromatic carbocycles. The molecular weight excluding hydrogens is 340 g/mol. The summed E-state index contributed by atoms with van der Waals surface area (Å²) >= 11 is 6.59. The van der Waals surface area contributed by atoms with Crippen LogP contribution >= 0.6 is 11.6 Å². The number of aryl methyl sites for hydroxylation is 1. The maximum absolute atomic E-state index is 6.59. The molecule has 3 rings (SSSR count). The molecule has 0 aliphatic heterocycles. The van der Waals surface area contributed by atoms with E-state index in [1.54, 1.807) is 0 Å². The number of nitrogens with one attached hydrogen (secondary N) is 2. The van der Waals surface area contributed by atoms with Crippen LogP contribution in [0.15, 0.2) is 55.3 Å². The Hall–Kier alpha value is -2.03. The lowest BCUT2D eigenvalue weighted by Gasteiger charge is -2.10. The molecule has 1 aromatic heterocycles. The molecule has 0 saturated carbocycles. The lowest BCUT2D eigenvalue weighted by molar-refractivity contribution is 0.725. The van der Waals surface area contributed by atoms with E-state index in [-0.39, 0.29) is 0 Å². The minimum Gasteiger partial charge on any atom is -0.361 e. The second-order valence-corrected chi connectivity index (χ2v) is 7.36. The van der Waals surface area contributed by atoms with E-state index in [1.807, 2.05) is 19.2 Å². The van der Waals surface area contributed by atoms with Crippen molar-refractivity contribution < 1.29 is 0 Å². The molecule has 136 valence electrons. The van der Waals surface area contributed by atoms with E-state index in [4.69, 9.17) is 11.6 Å². The first-order valence-electron chi connectivity index (χ1n) is 9.29. The summed E-state index contributed by atoms with van der Waals surface area (Å²) < 4.78 is 0. The van der Waals surface area contributed by atoms with Crippen molar-refractivity contribution in [3.63, 3.8) is 0 Å². The van der Waals surface area contributed by atoms with Gasteiger partial charge in [0.05, 0.1) is 5.02 Å². The average molecular weight is 367 g/mol. The molecule has 0 radical (unpaired) electrons. The van der Waals surface area contributed by atoms with Crippen molar-refractivity contribution in [1.82, 2.24) is 10.3 Å². The largest absolute Gasteiger partial charge is 0.361 e. The Kier molecular flexibility index (Phi) is 6.18. The maximum Gasteiger partial charge on any atom is 0.0505 e. The predicted molar refractivity (Wildman–Crippen MR) is 114 cm³/mol. The third kappa shape index (κ3) is 4.03. The number of H-pyrrole nitrogens is 1. The van der Waals surface area contributed by atoms with Crippen LogP contribution in [0.5, 0.6) is 0 Å². The number of hydrogen-bond donors (Lipinski definition) is 2. The summed E-state index contributed by atoms with van der Waals surface area (Å²) in [5, 5.41) is 5.22. The van der Waals surface area contributed by atoms with Gasteiger partial charge in [-0.1, -0.05) is 48.9 Å². The summed E-state index contributed by atoms with van der Waals surface area (Å²) in [4.78, 5) is 3.36. The number of fused-ring (bicyclic) bond motifs is 1. The first-order valence-corrected chi connectivity index (χ1v) is 9.67. The maximum atomic E-state index is 6.59. The van der Waals surface area contributed by atoms with Crippen molar-refractivity contribution in [2.45, 2.75) is 32.1 Å². The summed E-state index contributed by atoms with van der Waals surface area (Å²) in [7, 11) is 1.99. The Morgan fingerprint density at radius 3 is 2.69 bits per heavy atom. The van der Waals surface area contributed by atoms with Gasteiger partial charge in [0.15, 0.2) is 0 Å². The number of aromatic nitrogens is 1. The summed E-state index contributed by atoms with van der Waals surface area (Å²) in [5.74, 6) is 0.435. The van der Waals surface area contributed by atoms with Gasteiger partial charge >= 0.3 is 0 Å². The van der Waals surface area contributed by atoms with E-state index in [9.17, 15) is 0 Å². The first-order chi connectivity index (χ1) is 12.6. The highest BCUT2D eigenvalue weighted by Crippen LogP contribution is 2.36.